The van der Waals surface area contributed by atoms with E-state index >= 15 is 0 Å². The van der Waals surface area contributed by atoms with Gasteiger partial charge in [-0.2, -0.15) is 5.10 Å². The largest absolute Gasteiger partial charge is 0.381 e. The summed E-state index contributed by atoms with van der Waals surface area (Å²) in [6, 6.07) is 12.4. The van der Waals surface area contributed by atoms with Gasteiger partial charge in [0.15, 0.2) is 0 Å². The zero-order valence-electron chi connectivity index (χ0n) is 14.8. The lowest BCUT2D eigenvalue weighted by Crippen LogP contribution is -2.49. The molecule has 25 heavy (non-hydrogen) atoms. The highest BCUT2D eigenvalue weighted by molar-refractivity contribution is 5.74. The highest BCUT2D eigenvalue weighted by Crippen LogP contribution is 2.16. The van der Waals surface area contributed by atoms with Crippen LogP contribution in [0, 0.1) is 5.92 Å². The highest BCUT2D eigenvalue weighted by atomic mass is 16.2. The molecule has 1 saturated heterocycles. The maximum absolute atomic E-state index is 12.5. The van der Waals surface area contributed by atoms with Crippen molar-refractivity contribution in [1.29, 1.82) is 0 Å². The average Bonchev–Trinajstić information content (AvgIpc) is 3.14. The SMILES string of the molecule is C[C@H](CNC(=O)N1CCC[C@H](Nc2ccccc2)C1)Cn1cccn1. The van der Waals surface area contributed by atoms with E-state index in [1.54, 1.807) is 6.20 Å². The summed E-state index contributed by atoms with van der Waals surface area (Å²) in [6.45, 7) is 5.16. The molecule has 0 saturated carbocycles. The van der Waals surface area contributed by atoms with Gasteiger partial charge in [-0.3, -0.25) is 4.68 Å². The summed E-state index contributed by atoms with van der Waals surface area (Å²) < 4.78 is 1.90. The third-order valence-electron chi connectivity index (χ3n) is 4.51. The minimum Gasteiger partial charge on any atom is -0.381 e. The van der Waals surface area contributed by atoms with Crippen molar-refractivity contribution in [2.45, 2.75) is 32.4 Å². The van der Waals surface area contributed by atoms with Crippen molar-refractivity contribution in [1.82, 2.24) is 20.0 Å². The Bertz CT molecular complexity index is 643. The summed E-state index contributed by atoms with van der Waals surface area (Å²) in [6.07, 6.45) is 5.84. The number of hydrogen-bond acceptors (Lipinski definition) is 3. The minimum absolute atomic E-state index is 0.0341. The number of nitrogens with one attached hydrogen (secondary N) is 2. The van der Waals surface area contributed by atoms with Crippen LogP contribution in [0.5, 0.6) is 0 Å². The van der Waals surface area contributed by atoms with E-state index in [2.05, 4.69) is 34.8 Å². The third-order valence-corrected chi connectivity index (χ3v) is 4.51. The topological polar surface area (TPSA) is 62.2 Å². The molecule has 2 heterocycles. The van der Waals surface area contributed by atoms with Crippen LogP contribution in [0.4, 0.5) is 10.5 Å². The van der Waals surface area contributed by atoms with Gasteiger partial charge >= 0.3 is 6.03 Å². The zero-order chi connectivity index (χ0) is 17.5. The van der Waals surface area contributed by atoms with E-state index in [0.29, 0.717) is 18.5 Å². The first kappa shape index (κ1) is 17.3. The Morgan fingerprint density at radius 2 is 2.16 bits per heavy atom. The van der Waals surface area contributed by atoms with Gasteiger partial charge in [0, 0.05) is 50.3 Å². The van der Waals surface area contributed by atoms with E-state index in [9.17, 15) is 4.79 Å². The Morgan fingerprint density at radius 1 is 1.32 bits per heavy atom. The molecule has 1 aromatic carbocycles. The first-order valence-electron chi connectivity index (χ1n) is 9.02. The number of hydrogen-bond donors (Lipinski definition) is 2. The molecule has 2 aromatic rings. The van der Waals surface area contributed by atoms with Gasteiger partial charge in [0.2, 0.25) is 0 Å². The molecule has 3 rings (SSSR count). The van der Waals surface area contributed by atoms with Crippen LogP contribution in [0.15, 0.2) is 48.8 Å². The summed E-state index contributed by atoms with van der Waals surface area (Å²) in [5.41, 5.74) is 1.11. The molecule has 2 atom stereocenters. The zero-order valence-corrected chi connectivity index (χ0v) is 14.8. The minimum atomic E-state index is 0.0341. The summed E-state index contributed by atoms with van der Waals surface area (Å²) in [5, 5.41) is 10.8. The van der Waals surface area contributed by atoms with Crippen LogP contribution in [0.3, 0.4) is 0 Å². The highest BCUT2D eigenvalue weighted by Gasteiger charge is 2.23. The Balaban J connectivity index is 1.43. The van der Waals surface area contributed by atoms with Crippen LogP contribution in [0.25, 0.3) is 0 Å². The molecule has 6 heteroatoms. The van der Waals surface area contributed by atoms with Crippen molar-refractivity contribution in [3.05, 3.63) is 48.8 Å². The summed E-state index contributed by atoms with van der Waals surface area (Å²) >= 11 is 0. The average molecular weight is 341 g/mol. The number of likely N-dealkylation sites (tertiary alicyclic amines) is 1. The second-order valence-corrected chi connectivity index (χ2v) is 6.81. The number of benzene rings is 1. The van der Waals surface area contributed by atoms with E-state index in [-0.39, 0.29) is 6.03 Å². The number of rotatable bonds is 6. The number of piperidine rings is 1. The molecule has 0 unspecified atom stereocenters. The van der Waals surface area contributed by atoms with Crippen LogP contribution in [0.1, 0.15) is 19.8 Å². The first-order chi connectivity index (χ1) is 12.2. The number of urea groups is 1. The van der Waals surface area contributed by atoms with Crippen molar-refractivity contribution >= 4 is 11.7 Å². The van der Waals surface area contributed by atoms with Gasteiger partial charge < -0.3 is 15.5 Å². The van der Waals surface area contributed by atoms with E-state index in [1.807, 2.05) is 40.0 Å². The number of anilines is 1. The number of carbonyl (C=O) groups is 1. The standard InChI is InChI=1S/C19H27N5O/c1-16(14-24-12-6-10-21-24)13-20-19(25)23-11-5-9-18(15-23)22-17-7-3-2-4-8-17/h2-4,6-8,10,12,16,18,22H,5,9,11,13-15H2,1H3,(H,20,25)/t16-,18+/m1/s1. The second-order valence-electron chi connectivity index (χ2n) is 6.81. The first-order valence-corrected chi connectivity index (χ1v) is 9.02. The van der Waals surface area contributed by atoms with Crippen molar-refractivity contribution in [3.8, 4) is 0 Å². The molecular formula is C19H27N5O. The fourth-order valence-corrected chi connectivity index (χ4v) is 3.22. The number of para-hydroxylation sites is 1. The van der Waals surface area contributed by atoms with Crippen molar-refractivity contribution in [3.63, 3.8) is 0 Å². The Morgan fingerprint density at radius 3 is 2.92 bits per heavy atom. The van der Waals surface area contributed by atoms with E-state index in [4.69, 9.17) is 0 Å². The number of carbonyl (C=O) groups excluding carboxylic acids is 1. The quantitative estimate of drug-likeness (QED) is 0.849. The molecule has 0 bridgehead atoms. The molecule has 1 aromatic heterocycles. The Labute approximate surface area is 149 Å². The van der Waals surface area contributed by atoms with E-state index < -0.39 is 0 Å². The van der Waals surface area contributed by atoms with Crippen molar-refractivity contribution in [2.75, 3.05) is 25.0 Å². The molecule has 2 amide bonds. The van der Waals surface area contributed by atoms with Gasteiger partial charge in [0.05, 0.1) is 0 Å². The predicted molar refractivity (Wildman–Crippen MR) is 99.4 cm³/mol. The second kappa shape index (κ2) is 8.55. The molecule has 2 N–H and O–H groups in total. The fraction of sp³-hybridized carbons (Fsp3) is 0.474. The summed E-state index contributed by atoms with van der Waals surface area (Å²) in [4.78, 5) is 14.4. The lowest BCUT2D eigenvalue weighted by molar-refractivity contribution is 0.180. The number of amides is 2. The summed E-state index contributed by atoms with van der Waals surface area (Å²) in [5.74, 6) is 0.340. The Kier molecular flexibility index (Phi) is 5.93. The van der Waals surface area contributed by atoms with Gasteiger partial charge in [0.1, 0.15) is 0 Å². The molecule has 0 aliphatic carbocycles. The molecule has 6 nitrogen and oxygen atoms in total. The monoisotopic (exact) mass is 341 g/mol. The molecular weight excluding hydrogens is 314 g/mol. The van der Waals surface area contributed by atoms with Crippen LogP contribution in [-0.2, 0) is 6.54 Å². The molecule has 1 fully saturated rings. The van der Waals surface area contributed by atoms with Crippen molar-refractivity contribution < 1.29 is 4.79 Å². The maximum Gasteiger partial charge on any atom is 0.317 e. The molecule has 1 aliphatic heterocycles. The molecule has 1 aliphatic rings. The number of nitrogens with zero attached hydrogens (tertiary/aromatic N) is 3. The predicted octanol–water partition coefficient (Wildman–Crippen LogP) is 2.81. The van der Waals surface area contributed by atoms with Gasteiger partial charge in [-0.05, 0) is 37.0 Å². The van der Waals surface area contributed by atoms with Crippen LogP contribution in [0.2, 0.25) is 0 Å². The van der Waals surface area contributed by atoms with E-state index in [0.717, 1.165) is 38.2 Å². The molecule has 0 spiro atoms. The maximum atomic E-state index is 12.5. The number of aromatic nitrogens is 2. The smallest absolute Gasteiger partial charge is 0.317 e. The van der Waals surface area contributed by atoms with Gasteiger partial charge in [-0.1, -0.05) is 25.1 Å². The fourth-order valence-electron chi connectivity index (χ4n) is 3.22. The van der Waals surface area contributed by atoms with Gasteiger partial charge in [-0.15, -0.1) is 0 Å². The Hall–Kier alpha value is -2.50. The normalized spacial score (nSPS) is 18.6. The van der Waals surface area contributed by atoms with Crippen LogP contribution in [-0.4, -0.2) is 46.4 Å². The molecule has 134 valence electrons. The third kappa shape index (κ3) is 5.24. The van der Waals surface area contributed by atoms with Gasteiger partial charge in [0.25, 0.3) is 0 Å². The van der Waals surface area contributed by atoms with Crippen LogP contribution >= 0.6 is 0 Å². The van der Waals surface area contributed by atoms with Crippen molar-refractivity contribution in [2.24, 2.45) is 5.92 Å². The molecule has 0 radical (unpaired) electrons. The lowest BCUT2D eigenvalue weighted by Gasteiger charge is -2.34. The lowest BCUT2D eigenvalue weighted by atomic mass is 10.1. The van der Waals surface area contributed by atoms with Gasteiger partial charge in [-0.25, -0.2) is 4.79 Å². The van der Waals surface area contributed by atoms with E-state index in [1.165, 1.54) is 0 Å². The van der Waals surface area contributed by atoms with Crippen LogP contribution < -0.4 is 10.6 Å². The summed E-state index contributed by atoms with van der Waals surface area (Å²) in [7, 11) is 0.